The second-order valence-electron chi connectivity index (χ2n) is 7.49. The molecule has 8 heteroatoms. The van der Waals surface area contributed by atoms with E-state index in [0.29, 0.717) is 19.1 Å². The molecule has 2 heterocycles. The van der Waals surface area contributed by atoms with Crippen LogP contribution in [-0.4, -0.2) is 62.7 Å². The fourth-order valence-electron chi connectivity index (χ4n) is 3.83. The van der Waals surface area contributed by atoms with Crippen molar-refractivity contribution >= 4 is 11.9 Å². The normalized spacial score (nSPS) is 20.4. The van der Waals surface area contributed by atoms with Crippen molar-refractivity contribution in [3.05, 3.63) is 23.3 Å². The molecular weight excluding hydrogens is 358 g/mol. The van der Waals surface area contributed by atoms with Crippen LogP contribution >= 0.6 is 0 Å². The number of likely N-dealkylation sites (tertiary alicyclic amines) is 1. The number of nitrogens with zero attached hydrogens (tertiary/aromatic N) is 2. The maximum absolute atomic E-state index is 11.1. The van der Waals surface area contributed by atoms with Crippen molar-refractivity contribution in [2.45, 2.75) is 44.9 Å². The molecule has 28 heavy (non-hydrogen) atoms. The van der Waals surface area contributed by atoms with Crippen LogP contribution in [0.15, 0.2) is 17.1 Å². The molecular formula is C20H31N5O3. The van der Waals surface area contributed by atoms with Crippen molar-refractivity contribution in [1.82, 2.24) is 15.5 Å². The summed E-state index contributed by atoms with van der Waals surface area (Å²) in [7, 11) is 3.46. The molecule has 0 saturated carbocycles. The summed E-state index contributed by atoms with van der Waals surface area (Å²) in [5.41, 5.74) is 7.51. The highest BCUT2D eigenvalue weighted by Gasteiger charge is 2.23. The Labute approximate surface area is 166 Å². The number of amides is 1. The number of benzene rings is 1. The van der Waals surface area contributed by atoms with Gasteiger partial charge in [-0.3, -0.25) is 14.7 Å². The Kier molecular flexibility index (Phi) is 6.61. The van der Waals surface area contributed by atoms with Gasteiger partial charge in [0.25, 0.3) is 0 Å². The van der Waals surface area contributed by atoms with Gasteiger partial charge in [0.1, 0.15) is 17.6 Å². The summed E-state index contributed by atoms with van der Waals surface area (Å²) in [6.07, 6.45) is 3.01. The zero-order valence-electron chi connectivity index (χ0n) is 17.0. The molecule has 2 aliphatic rings. The standard InChI is InChI=1S/C20H31N5O3/c1-13-8-14-9-17(27-3)15(10-18(14)28-13)11-23-20(22-2)24-16-4-6-25(7-5-16)12-19(21)26/h9-10,13,16H,4-8,11-12H2,1-3H3,(H2,21,26)(H2,22,23,24). The molecule has 1 saturated heterocycles. The zero-order valence-corrected chi connectivity index (χ0v) is 17.0. The Bertz CT molecular complexity index is 729. The van der Waals surface area contributed by atoms with E-state index in [2.05, 4.69) is 39.6 Å². The van der Waals surface area contributed by atoms with E-state index in [1.165, 1.54) is 5.56 Å². The molecule has 1 unspecified atom stereocenters. The number of guanidine groups is 1. The number of fused-ring (bicyclic) bond motifs is 1. The molecule has 0 bridgehead atoms. The number of carbonyl (C=O) groups excluding carboxylic acids is 1. The highest BCUT2D eigenvalue weighted by atomic mass is 16.5. The molecule has 0 radical (unpaired) electrons. The third-order valence-corrected chi connectivity index (χ3v) is 5.28. The first-order chi connectivity index (χ1) is 13.5. The third-order valence-electron chi connectivity index (χ3n) is 5.28. The van der Waals surface area contributed by atoms with Crippen LogP contribution in [0.1, 0.15) is 30.9 Å². The van der Waals surface area contributed by atoms with E-state index < -0.39 is 0 Å². The Morgan fingerprint density at radius 2 is 2.14 bits per heavy atom. The van der Waals surface area contributed by atoms with Crippen LogP contribution in [-0.2, 0) is 17.8 Å². The largest absolute Gasteiger partial charge is 0.496 e. The molecule has 1 fully saturated rings. The second-order valence-corrected chi connectivity index (χ2v) is 7.49. The number of nitrogens with two attached hydrogens (primary N) is 1. The minimum absolute atomic E-state index is 0.206. The molecule has 8 nitrogen and oxygen atoms in total. The van der Waals surface area contributed by atoms with Crippen molar-refractivity contribution in [2.24, 2.45) is 10.7 Å². The van der Waals surface area contributed by atoms with Gasteiger partial charge in [-0.25, -0.2) is 0 Å². The fraction of sp³-hybridized carbons (Fsp3) is 0.600. The average Bonchev–Trinajstić information content (AvgIpc) is 3.04. The van der Waals surface area contributed by atoms with Crippen molar-refractivity contribution in [3.63, 3.8) is 0 Å². The molecule has 1 aromatic carbocycles. The summed E-state index contributed by atoms with van der Waals surface area (Å²) >= 11 is 0. The van der Waals surface area contributed by atoms with E-state index in [-0.39, 0.29) is 12.0 Å². The predicted molar refractivity (Wildman–Crippen MR) is 109 cm³/mol. The van der Waals surface area contributed by atoms with Crippen LogP contribution in [0.4, 0.5) is 0 Å². The molecule has 1 aromatic rings. The summed E-state index contributed by atoms with van der Waals surface area (Å²) in [5, 5.41) is 6.84. The Morgan fingerprint density at radius 3 is 2.79 bits per heavy atom. The summed E-state index contributed by atoms with van der Waals surface area (Å²) in [6, 6.07) is 4.45. The molecule has 3 rings (SSSR count). The van der Waals surface area contributed by atoms with Crippen LogP contribution in [0.25, 0.3) is 0 Å². The molecule has 1 amide bonds. The van der Waals surface area contributed by atoms with Crippen LogP contribution in [0.5, 0.6) is 11.5 Å². The number of hydrogen-bond acceptors (Lipinski definition) is 5. The number of piperidine rings is 1. The van der Waals surface area contributed by atoms with Gasteiger partial charge in [-0.2, -0.15) is 0 Å². The van der Waals surface area contributed by atoms with Gasteiger partial charge >= 0.3 is 0 Å². The maximum Gasteiger partial charge on any atom is 0.231 e. The van der Waals surface area contributed by atoms with E-state index in [0.717, 1.165) is 55.4 Å². The van der Waals surface area contributed by atoms with Crippen molar-refractivity contribution < 1.29 is 14.3 Å². The lowest BCUT2D eigenvalue weighted by Crippen LogP contribution is -2.49. The van der Waals surface area contributed by atoms with Crippen LogP contribution in [0.2, 0.25) is 0 Å². The first-order valence-corrected chi connectivity index (χ1v) is 9.82. The second kappa shape index (κ2) is 9.14. The average molecular weight is 390 g/mol. The molecule has 1 atom stereocenters. The number of aliphatic imine (C=N–C) groups is 1. The quantitative estimate of drug-likeness (QED) is 0.487. The van der Waals surface area contributed by atoms with E-state index in [9.17, 15) is 4.79 Å². The molecule has 0 spiro atoms. The van der Waals surface area contributed by atoms with E-state index in [4.69, 9.17) is 15.2 Å². The van der Waals surface area contributed by atoms with Gasteiger partial charge < -0.3 is 25.8 Å². The lowest BCUT2D eigenvalue weighted by atomic mass is 10.1. The zero-order chi connectivity index (χ0) is 20.1. The third kappa shape index (κ3) is 5.07. The van der Waals surface area contributed by atoms with Gasteiger partial charge in [-0.1, -0.05) is 0 Å². The number of nitrogens with one attached hydrogen (secondary N) is 2. The fourth-order valence-corrected chi connectivity index (χ4v) is 3.83. The minimum atomic E-state index is -0.273. The number of ether oxygens (including phenoxy) is 2. The maximum atomic E-state index is 11.1. The van der Waals surface area contributed by atoms with Crippen molar-refractivity contribution in [1.29, 1.82) is 0 Å². The van der Waals surface area contributed by atoms with Crippen molar-refractivity contribution in [3.8, 4) is 11.5 Å². The summed E-state index contributed by atoms with van der Waals surface area (Å²) in [6.45, 7) is 4.70. The lowest BCUT2D eigenvalue weighted by Gasteiger charge is -2.32. The molecule has 0 aromatic heterocycles. The van der Waals surface area contributed by atoms with E-state index in [1.807, 2.05) is 0 Å². The minimum Gasteiger partial charge on any atom is -0.496 e. The van der Waals surface area contributed by atoms with Gasteiger partial charge in [0, 0.05) is 50.3 Å². The molecule has 4 N–H and O–H groups in total. The Hall–Kier alpha value is -2.48. The van der Waals surface area contributed by atoms with Crippen LogP contribution < -0.4 is 25.8 Å². The van der Waals surface area contributed by atoms with Gasteiger partial charge in [-0.05, 0) is 31.9 Å². The highest BCUT2D eigenvalue weighted by molar-refractivity contribution is 5.80. The number of rotatable bonds is 6. The van der Waals surface area contributed by atoms with E-state index >= 15 is 0 Å². The van der Waals surface area contributed by atoms with Gasteiger partial charge in [0.2, 0.25) is 5.91 Å². The monoisotopic (exact) mass is 389 g/mol. The van der Waals surface area contributed by atoms with E-state index in [1.54, 1.807) is 14.2 Å². The Balaban J connectivity index is 1.54. The highest BCUT2D eigenvalue weighted by Crippen LogP contribution is 2.34. The number of hydrogen-bond donors (Lipinski definition) is 3. The number of primary amides is 1. The van der Waals surface area contributed by atoms with Crippen molar-refractivity contribution in [2.75, 3.05) is 33.8 Å². The molecule has 154 valence electrons. The first-order valence-electron chi connectivity index (χ1n) is 9.82. The van der Waals surface area contributed by atoms with Crippen LogP contribution in [0.3, 0.4) is 0 Å². The Morgan fingerprint density at radius 1 is 1.39 bits per heavy atom. The molecule has 0 aliphatic carbocycles. The van der Waals surface area contributed by atoms with Gasteiger partial charge in [-0.15, -0.1) is 0 Å². The number of methoxy groups -OCH3 is 1. The number of carbonyl (C=O) groups is 1. The predicted octanol–water partition coefficient (Wildman–Crippen LogP) is 0.633. The smallest absolute Gasteiger partial charge is 0.231 e. The topological polar surface area (TPSA) is 101 Å². The summed E-state index contributed by atoms with van der Waals surface area (Å²) < 4.78 is 11.4. The van der Waals surface area contributed by atoms with Crippen LogP contribution in [0, 0.1) is 0 Å². The summed E-state index contributed by atoms with van der Waals surface area (Å²) in [5.74, 6) is 2.28. The lowest BCUT2D eigenvalue weighted by molar-refractivity contribution is -0.119. The first kappa shape index (κ1) is 20.3. The van der Waals surface area contributed by atoms with Gasteiger partial charge in [0.05, 0.1) is 13.7 Å². The summed E-state index contributed by atoms with van der Waals surface area (Å²) in [4.78, 5) is 17.5. The van der Waals surface area contributed by atoms with Gasteiger partial charge in [0.15, 0.2) is 5.96 Å². The molecule has 2 aliphatic heterocycles. The SMILES string of the molecule is CN=C(NCc1cc2c(cc1OC)CC(C)O2)NC1CCN(CC(N)=O)CC1.